The molecule has 28 heavy (non-hydrogen) atoms. The molecule has 1 aromatic carbocycles. The van der Waals surface area contributed by atoms with Gasteiger partial charge in [0, 0.05) is 15.7 Å². The minimum absolute atomic E-state index is 0.0191. The molecular weight excluding hydrogens is 412 g/mol. The third-order valence-electron chi connectivity index (χ3n) is 5.00. The van der Waals surface area contributed by atoms with Gasteiger partial charge in [0.25, 0.3) is 5.56 Å². The molecule has 7 heteroatoms. The molecule has 3 aromatic rings. The van der Waals surface area contributed by atoms with E-state index < -0.39 is 0 Å². The van der Waals surface area contributed by atoms with Crippen molar-refractivity contribution < 1.29 is 4.74 Å². The molecule has 1 aliphatic rings. The van der Waals surface area contributed by atoms with Crippen molar-refractivity contribution in [2.24, 2.45) is 5.92 Å². The first kappa shape index (κ1) is 19.8. The molecule has 2 aromatic heterocycles. The van der Waals surface area contributed by atoms with Crippen LogP contribution in [0, 0.1) is 5.92 Å². The Kier molecular flexibility index (Phi) is 6.28. The quantitative estimate of drug-likeness (QED) is 0.294. The highest BCUT2D eigenvalue weighted by Crippen LogP contribution is 2.36. The summed E-state index contributed by atoms with van der Waals surface area (Å²) in [4.78, 5) is 22.6. The number of aromatic amines is 1. The molecule has 0 saturated carbocycles. The normalized spacial score (nSPS) is 16.3. The summed E-state index contributed by atoms with van der Waals surface area (Å²) in [7, 11) is 0. The van der Waals surface area contributed by atoms with Crippen LogP contribution in [0.2, 0.25) is 5.02 Å². The van der Waals surface area contributed by atoms with Crippen LogP contribution in [0.1, 0.15) is 36.6 Å². The molecule has 1 atom stereocenters. The third-order valence-corrected chi connectivity index (χ3v) is 7.36. The maximum Gasteiger partial charge on any atom is 0.260 e. The van der Waals surface area contributed by atoms with Crippen LogP contribution in [0.15, 0.2) is 34.2 Å². The first-order valence-electron chi connectivity index (χ1n) is 9.66. The largest absolute Gasteiger partial charge is 0.494 e. The lowest BCUT2D eigenvalue weighted by molar-refractivity contribution is 0.310. The van der Waals surface area contributed by atoms with Crippen molar-refractivity contribution in [1.29, 1.82) is 0 Å². The molecule has 1 unspecified atom stereocenters. The molecule has 1 aliphatic carbocycles. The number of aryl methyl sites for hydroxylation is 1. The van der Waals surface area contributed by atoms with Gasteiger partial charge in [-0.2, -0.15) is 0 Å². The predicted molar refractivity (Wildman–Crippen MR) is 118 cm³/mol. The van der Waals surface area contributed by atoms with Crippen molar-refractivity contribution in [3.05, 3.63) is 50.1 Å². The van der Waals surface area contributed by atoms with Gasteiger partial charge in [0.15, 0.2) is 5.16 Å². The second-order valence-corrected chi connectivity index (χ2v) is 9.86. The summed E-state index contributed by atoms with van der Waals surface area (Å²) in [6, 6.07) is 7.41. The summed E-state index contributed by atoms with van der Waals surface area (Å²) >= 11 is 9.18. The fourth-order valence-electron chi connectivity index (χ4n) is 3.49. The zero-order valence-electron chi connectivity index (χ0n) is 15.8. The van der Waals surface area contributed by atoms with Gasteiger partial charge >= 0.3 is 0 Å². The molecule has 0 saturated heterocycles. The highest BCUT2D eigenvalue weighted by atomic mass is 35.5. The first-order chi connectivity index (χ1) is 13.6. The summed E-state index contributed by atoms with van der Waals surface area (Å²) in [5.41, 5.74) is 1.26. The number of hydrogen-bond acceptors (Lipinski definition) is 5. The molecule has 0 bridgehead atoms. The van der Waals surface area contributed by atoms with Crippen molar-refractivity contribution in [2.75, 3.05) is 12.4 Å². The Morgan fingerprint density at radius 1 is 1.32 bits per heavy atom. The number of ether oxygens (including phenoxy) is 1. The number of hydrogen-bond donors (Lipinski definition) is 1. The van der Waals surface area contributed by atoms with Gasteiger partial charge < -0.3 is 9.72 Å². The highest BCUT2D eigenvalue weighted by molar-refractivity contribution is 7.99. The number of halogens is 1. The van der Waals surface area contributed by atoms with E-state index in [-0.39, 0.29) is 5.56 Å². The number of benzene rings is 1. The van der Waals surface area contributed by atoms with Crippen molar-refractivity contribution in [3.63, 3.8) is 0 Å². The lowest BCUT2D eigenvalue weighted by Gasteiger charge is -2.17. The third kappa shape index (κ3) is 4.56. The molecule has 4 nitrogen and oxygen atoms in total. The first-order valence-corrected chi connectivity index (χ1v) is 11.8. The van der Waals surface area contributed by atoms with Gasteiger partial charge in [0.2, 0.25) is 0 Å². The molecule has 1 N–H and O–H groups in total. The maximum absolute atomic E-state index is 12.6. The van der Waals surface area contributed by atoms with Crippen LogP contribution in [-0.2, 0) is 12.8 Å². The number of nitrogens with zero attached hydrogens (tertiary/aromatic N) is 1. The van der Waals surface area contributed by atoms with Crippen LogP contribution < -0.4 is 10.3 Å². The van der Waals surface area contributed by atoms with E-state index in [2.05, 4.69) is 11.9 Å². The van der Waals surface area contributed by atoms with Gasteiger partial charge in [0.1, 0.15) is 10.6 Å². The van der Waals surface area contributed by atoms with E-state index in [1.54, 1.807) is 23.1 Å². The minimum Gasteiger partial charge on any atom is -0.494 e. The van der Waals surface area contributed by atoms with Crippen LogP contribution in [0.3, 0.4) is 0 Å². The number of thiophene rings is 1. The van der Waals surface area contributed by atoms with Gasteiger partial charge in [-0.25, -0.2) is 4.98 Å². The SMILES string of the molecule is CC1CCc2c(sc3nc(SCCCCOc4ccc(Cl)cc4)[nH]c(=O)c23)C1. The summed E-state index contributed by atoms with van der Waals surface area (Å²) in [6.07, 6.45) is 5.19. The summed E-state index contributed by atoms with van der Waals surface area (Å²) in [6.45, 7) is 2.95. The number of aromatic nitrogens is 2. The Morgan fingerprint density at radius 2 is 2.14 bits per heavy atom. The standard InChI is InChI=1S/C21H23ClN2O2S2/c1-13-4-9-16-17(12-13)28-20-18(16)19(25)23-21(24-20)27-11-3-2-10-26-15-7-5-14(22)6-8-15/h5-8,13H,2-4,9-12H2,1H3,(H,23,24,25). The van der Waals surface area contributed by atoms with Gasteiger partial charge in [-0.15, -0.1) is 11.3 Å². The molecule has 0 spiro atoms. The van der Waals surface area contributed by atoms with Gasteiger partial charge in [0.05, 0.1) is 12.0 Å². The van der Waals surface area contributed by atoms with E-state index in [0.29, 0.717) is 17.5 Å². The van der Waals surface area contributed by atoms with Crippen molar-refractivity contribution in [2.45, 2.75) is 44.2 Å². The molecule has 0 fully saturated rings. The Labute approximate surface area is 177 Å². The molecule has 0 aliphatic heterocycles. The average molecular weight is 435 g/mol. The Morgan fingerprint density at radius 3 is 2.96 bits per heavy atom. The van der Waals surface area contributed by atoms with E-state index in [4.69, 9.17) is 21.3 Å². The number of rotatable bonds is 7. The van der Waals surface area contributed by atoms with Crippen LogP contribution in [0.4, 0.5) is 0 Å². The Bertz CT molecular complexity index is 1010. The number of fused-ring (bicyclic) bond motifs is 3. The number of nitrogens with one attached hydrogen (secondary N) is 1. The van der Waals surface area contributed by atoms with Crippen molar-refractivity contribution in [3.8, 4) is 5.75 Å². The van der Waals surface area contributed by atoms with E-state index in [1.165, 1.54) is 10.4 Å². The monoisotopic (exact) mass is 434 g/mol. The van der Waals surface area contributed by atoms with Crippen molar-refractivity contribution >= 4 is 44.9 Å². The van der Waals surface area contributed by atoms with Gasteiger partial charge in [-0.1, -0.05) is 30.3 Å². The van der Waals surface area contributed by atoms with E-state index in [1.807, 2.05) is 24.3 Å². The lowest BCUT2D eigenvalue weighted by Crippen LogP contribution is -2.13. The molecule has 0 radical (unpaired) electrons. The lowest BCUT2D eigenvalue weighted by atomic mass is 9.89. The molecule has 0 amide bonds. The summed E-state index contributed by atoms with van der Waals surface area (Å²) < 4.78 is 5.71. The average Bonchev–Trinajstić information content (AvgIpc) is 3.03. The van der Waals surface area contributed by atoms with E-state index in [9.17, 15) is 4.79 Å². The maximum atomic E-state index is 12.6. The van der Waals surface area contributed by atoms with Crippen LogP contribution >= 0.6 is 34.7 Å². The van der Waals surface area contributed by atoms with Crippen molar-refractivity contribution in [1.82, 2.24) is 9.97 Å². The van der Waals surface area contributed by atoms with Gasteiger partial charge in [-0.05, 0) is 67.9 Å². The molecular formula is C21H23ClN2O2S2. The van der Waals surface area contributed by atoms with Gasteiger partial charge in [-0.3, -0.25) is 4.79 Å². The Balaban J connectivity index is 1.30. The molecule has 2 heterocycles. The van der Waals surface area contributed by atoms with Crippen LogP contribution in [-0.4, -0.2) is 22.3 Å². The second-order valence-electron chi connectivity index (χ2n) is 7.26. The number of thioether (sulfide) groups is 1. The topological polar surface area (TPSA) is 55.0 Å². The zero-order chi connectivity index (χ0) is 19.5. The Hall–Kier alpha value is -1.50. The number of H-pyrrole nitrogens is 1. The molecule has 148 valence electrons. The van der Waals surface area contributed by atoms with Crippen LogP contribution in [0.5, 0.6) is 5.75 Å². The van der Waals surface area contributed by atoms with E-state index in [0.717, 1.165) is 59.0 Å². The predicted octanol–water partition coefficient (Wildman–Crippen LogP) is 5.71. The minimum atomic E-state index is 0.0191. The molecule has 4 rings (SSSR count). The second kappa shape index (κ2) is 8.89. The summed E-state index contributed by atoms with van der Waals surface area (Å²) in [5, 5.41) is 2.26. The summed E-state index contributed by atoms with van der Waals surface area (Å²) in [5.74, 6) is 2.44. The zero-order valence-corrected chi connectivity index (χ0v) is 18.2. The highest BCUT2D eigenvalue weighted by Gasteiger charge is 2.23. The number of unbranched alkanes of at least 4 members (excludes halogenated alkanes) is 1. The smallest absolute Gasteiger partial charge is 0.260 e. The fraction of sp³-hybridized carbons (Fsp3) is 0.429. The fourth-order valence-corrected chi connectivity index (χ4v) is 5.92. The van der Waals surface area contributed by atoms with E-state index >= 15 is 0 Å². The van der Waals surface area contributed by atoms with Crippen LogP contribution in [0.25, 0.3) is 10.2 Å².